The maximum atomic E-state index is 4.43. The summed E-state index contributed by atoms with van der Waals surface area (Å²) in [5.74, 6) is 0.868. The third-order valence-electron chi connectivity index (χ3n) is 3.18. The molecular weight excluding hydrogens is 268 g/mol. The lowest BCUT2D eigenvalue weighted by atomic mass is 10.1. The molecule has 0 N–H and O–H groups in total. The van der Waals surface area contributed by atoms with Crippen LogP contribution in [0.1, 0.15) is 0 Å². The summed E-state index contributed by atoms with van der Waals surface area (Å²) in [6.45, 7) is 0. The van der Waals surface area contributed by atoms with E-state index in [1.54, 1.807) is 30.2 Å². The Labute approximate surface area is 119 Å². The Hall–Kier alpha value is -2.53. The van der Waals surface area contributed by atoms with Crippen LogP contribution in [0.5, 0.6) is 0 Å². The van der Waals surface area contributed by atoms with Crippen molar-refractivity contribution in [2.45, 2.75) is 0 Å². The number of hydrogen-bond donors (Lipinski definition) is 0. The normalized spacial score (nSPS) is 11.0. The lowest BCUT2D eigenvalue weighted by Crippen LogP contribution is -1.96. The number of aromatic nitrogens is 4. The van der Waals surface area contributed by atoms with Gasteiger partial charge in [0.2, 0.25) is 0 Å². The maximum absolute atomic E-state index is 4.43. The van der Waals surface area contributed by atoms with Gasteiger partial charge in [-0.25, -0.2) is 15.0 Å². The monoisotopic (exact) mass is 278 g/mol. The van der Waals surface area contributed by atoms with Crippen molar-refractivity contribution in [3.63, 3.8) is 0 Å². The number of rotatable bonds is 2. The van der Waals surface area contributed by atoms with Crippen LogP contribution in [-0.2, 0) is 0 Å². The van der Waals surface area contributed by atoms with Crippen LogP contribution in [0.2, 0.25) is 0 Å². The van der Waals surface area contributed by atoms with E-state index in [2.05, 4.69) is 32.5 Å². The quantitative estimate of drug-likeness (QED) is 0.563. The predicted molar refractivity (Wildman–Crippen MR) is 80.0 cm³/mol. The Kier molecular flexibility index (Phi) is 2.57. The van der Waals surface area contributed by atoms with Gasteiger partial charge in [-0.3, -0.25) is 4.57 Å². The van der Waals surface area contributed by atoms with E-state index < -0.39 is 0 Å². The van der Waals surface area contributed by atoms with Crippen LogP contribution in [0.4, 0.5) is 0 Å². The van der Waals surface area contributed by atoms with Crippen LogP contribution in [0.25, 0.3) is 27.2 Å². The molecule has 0 unspecified atom stereocenters. The largest absolute Gasteiger partial charge is 0.290 e. The highest BCUT2D eigenvalue weighted by Gasteiger charge is 2.13. The van der Waals surface area contributed by atoms with Gasteiger partial charge in [-0.2, -0.15) is 0 Å². The number of hydrogen-bond acceptors (Lipinski definition) is 4. The van der Waals surface area contributed by atoms with Gasteiger partial charge in [0.1, 0.15) is 17.5 Å². The average Bonchev–Trinajstić information content (AvgIpc) is 3.17. The molecule has 4 nitrogen and oxygen atoms in total. The molecule has 3 aromatic heterocycles. The minimum absolute atomic E-state index is 0.868. The van der Waals surface area contributed by atoms with Crippen LogP contribution in [0, 0.1) is 0 Å². The van der Waals surface area contributed by atoms with Crippen molar-refractivity contribution in [1.82, 2.24) is 19.5 Å². The summed E-state index contributed by atoms with van der Waals surface area (Å²) in [4.78, 5) is 13.9. The second-order valence-corrected chi connectivity index (χ2v) is 5.22. The van der Waals surface area contributed by atoms with Crippen LogP contribution >= 0.6 is 11.3 Å². The van der Waals surface area contributed by atoms with Crippen molar-refractivity contribution in [1.29, 1.82) is 0 Å². The van der Waals surface area contributed by atoms with Crippen molar-refractivity contribution in [2.75, 3.05) is 0 Å². The molecule has 4 rings (SSSR count). The first-order chi connectivity index (χ1) is 9.93. The topological polar surface area (TPSA) is 43.6 Å². The molecule has 5 heteroatoms. The number of fused-ring (bicyclic) bond motifs is 1. The molecule has 3 heterocycles. The zero-order valence-electron chi connectivity index (χ0n) is 10.5. The lowest BCUT2D eigenvalue weighted by molar-refractivity contribution is 0.995. The second kappa shape index (κ2) is 4.54. The fourth-order valence-corrected chi connectivity index (χ4v) is 3.18. The Morgan fingerprint density at radius 2 is 1.95 bits per heavy atom. The van der Waals surface area contributed by atoms with Crippen LogP contribution in [-0.4, -0.2) is 19.5 Å². The summed E-state index contributed by atoms with van der Waals surface area (Å²) in [6.07, 6.45) is 7.01. The van der Waals surface area contributed by atoms with E-state index >= 15 is 0 Å². The van der Waals surface area contributed by atoms with E-state index in [9.17, 15) is 0 Å². The highest BCUT2D eigenvalue weighted by molar-refractivity contribution is 7.17. The molecule has 96 valence electrons. The Balaban J connectivity index is 2.04. The Bertz CT molecular complexity index is 850. The van der Waals surface area contributed by atoms with Gasteiger partial charge in [0, 0.05) is 23.3 Å². The van der Waals surface area contributed by atoms with E-state index in [4.69, 9.17) is 0 Å². The number of nitrogens with zero attached hydrogens (tertiary/aromatic N) is 4. The van der Waals surface area contributed by atoms with Crippen LogP contribution < -0.4 is 0 Å². The zero-order valence-corrected chi connectivity index (χ0v) is 11.3. The highest BCUT2D eigenvalue weighted by atomic mass is 32.1. The SMILES string of the molecule is c1ccc(-c2csc3ncnc(-n4ccnc4)c23)cc1. The van der Waals surface area contributed by atoms with Gasteiger partial charge in [-0.05, 0) is 5.56 Å². The summed E-state index contributed by atoms with van der Waals surface area (Å²) in [6, 6.07) is 10.3. The van der Waals surface area contributed by atoms with Crippen molar-refractivity contribution in [3.8, 4) is 16.9 Å². The van der Waals surface area contributed by atoms with Crippen LogP contribution in [0.3, 0.4) is 0 Å². The van der Waals surface area contributed by atoms with E-state index in [0.717, 1.165) is 21.6 Å². The van der Waals surface area contributed by atoms with Crippen LogP contribution in [0.15, 0.2) is 60.8 Å². The van der Waals surface area contributed by atoms with Crippen molar-refractivity contribution in [3.05, 3.63) is 60.8 Å². The first-order valence-corrected chi connectivity index (χ1v) is 7.07. The molecule has 0 aliphatic rings. The molecule has 20 heavy (non-hydrogen) atoms. The molecule has 0 fully saturated rings. The Morgan fingerprint density at radius 3 is 2.75 bits per heavy atom. The second-order valence-electron chi connectivity index (χ2n) is 4.36. The molecular formula is C15H10N4S. The fraction of sp³-hybridized carbons (Fsp3) is 0. The van der Waals surface area contributed by atoms with E-state index in [0.29, 0.717) is 0 Å². The molecule has 0 radical (unpaired) electrons. The first-order valence-electron chi connectivity index (χ1n) is 6.19. The third-order valence-corrected chi connectivity index (χ3v) is 4.07. The van der Waals surface area contributed by atoms with Gasteiger partial charge in [0.05, 0.1) is 5.39 Å². The molecule has 0 atom stereocenters. The molecule has 0 spiro atoms. The molecule has 1 aromatic carbocycles. The molecule has 0 saturated carbocycles. The molecule has 0 amide bonds. The van der Waals surface area contributed by atoms with Gasteiger partial charge >= 0.3 is 0 Å². The first kappa shape index (κ1) is 11.3. The highest BCUT2D eigenvalue weighted by Crippen LogP contribution is 2.35. The summed E-state index contributed by atoms with van der Waals surface area (Å²) in [5, 5.41) is 3.21. The van der Waals surface area contributed by atoms with Gasteiger partial charge in [-0.1, -0.05) is 30.3 Å². The molecule has 0 aliphatic heterocycles. The summed E-state index contributed by atoms with van der Waals surface area (Å²) < 4.78 is 1.92. The third kappa shape index (κ3) is 1.71. The van der Waals surface area contributed by atoms with Crippen molar-refractivity contribution < 1.29 is 0 Å². The smallest absolute Gasteiger partial charge is 0.150 e. The number of benzene rings is 1. The van der Waals surface area contributed by atoms with Gasteiger partial charge in [0.25, 0.3) is 0 Å². The summed E-state index contributed by atoms with van der Waals surface area (Å²) in [5.41, 5.74) is 2.34. The van der Waals surface area contributed by atoms with E-state index in [1.165, 1.54) is 5.56 Å². The maximum Gasteiger partial charge on any atom is 0.150 e. The van der Waals surface area contributed by atoms with E-state index in [-0.39, 0.29) is 0 Å². The molecule has 0 saturated heterocycles. The van der Waals surface area contributed by atoms with Crippen molar-refractivity contribution >= 4 is 21.6 Å². The summed E-state index contributed by atoms with van der Waals surface area (Å²) >= 11 is 1.64. The zero-order chi connectivity index (χ0) is 13.4. The minimum atomic E-state index is 0.868. The van der Waals surface area contributed by atoms with Crippen molar-refractivity contribution in [2.24, 2.45) is 0 Å². The fourth-order valence-electron chi connectivity index (χ4n) is 2.27. The van der Waals surface area contributed by atoms with Gasteiger partial charge in [0.15, 0.2) is 5.82 Å². The molecule has 0 bridgehead atoms. The van der Waals surface area contributed by atoms with Gasteiger partial charge < -0.3 is 0 Å². The van der Waals surface area contributed by atoms with E-state index in [1.807, 2.05) is 29.0 Å². The standard InChI is InChI=1S/C15H10N4S/c1-2-4-11(5-3-1)12-8-20-15-13(12)14(17-9-18-15)19-7-6-16-10-19/h1-10H. The average molecular weight is 278 g/mol. The number of thiophene rings is 1. The lowest BCUT2D eigenvalue weighted by Gasteiger charge is -2.05. The molecule has 4 aromatic rings. The Morgan fingerprint density at radius 1 is 1.05 bits per heavy atom. The minimum Gasteiger partial charge on any atom is -0.290 e. The predicted octanol–water partition coefficient (Wildman–Crippen LogP) is 3.54. The molecule has 0 aliphatic carbocycles. The number of imidazole rings is 1. The summed E-state index contributed by atoms with van der Waals surface area (Å²) in [7, 11) is 0. The van der Waals surface area contributed by atoms with Gasteiger partial charge in [-0.15, -0.1) is 11.3 Å².